The Morgan fingerprint density at radius 1 is 1.32 bits per heavy atom. The number of likely N-dealkylation sites (tertiary alicyclic amines) is 1. The summed E-state index contributed by atoms with van der Waals surface area (Å²) in [6.07, 6.45) is 7.34. The van der Waals surface area contributed by atoms with Crippen molar-refractivity contribution in [2.45, 2.75) is 39.3 Å². The number of nitrogens with two attached hydrogens (primary N) is 1. The van der Waals surface area contributed by atoms with Crippen LogP contribution < -0.4 is 11.1 Å². The van der Waals surface area contributed by atoms with Crippen LogP contribution in [-0.2, 0) is 11.3 Å². The van der Waals surface area contributed by atoms with Gasteiger partial charge in [-0.25, -0.2) is 4.68 Å². The van der Waals surface area contributed by atoms with Crippen molar-refractivity contribution < 1.29 is 4.79 Å². The lowest BCUT2D eigenvalue weighted by Crippen LogP contribution is -2.39. The van der Waals surface area contributed by atoms with Crippen LogP contribution in [0.15, 0.2) is 18.6 Å². The van der Waals surface area contributed by atoms with E-state index in [1.54, 1.807) is 19.3 Å². The molecule has 1 aliphatic rings. The Kier molecular flexibility index (Phi) is 4.95. The van der Waals surface area contributed by atoms with Gasteiger partial charge in [0.25, 0.3) is 0 Å². The summed E-state index contributed by atoms with van der Waals surface area (Å²) in [5, 5.41) is 12.7. The summed E-state index contributed by atoms with van der Waals surface area (Å²) in [4.78, 5) is 22.7. The van der Waals surface area contributed by atoms with Crippen molar-refractivity contribution in [2.75, 3.05) is 30.7 Å². The van der Waals surface area contributed by atoms with E-state index in [4.69, 9.17) is 5.73 Å². The van der Waals surface area contributed by atoms with Gasteiger partial charge in [-0.15, -0.1) is 0 Å². The number of carbonyl (C=O) groups is 1. The molecule has 0 aliphatic carbocycles. The average molecular weight is 383 g/mol. The molecule has 0 unspecified atom stereocenters. The number of nitrogen functional groups attached to an aromatic ring is 1. The van der Waals surface area contributed by atoms with E-state index in [-0.39, 0.29) is 11.8 Å². The third-order valence-corrected chi connectivity index (χ3v) is 4.97. The number of aromatic nitrogens is 6. The summed E-state index contributed by atoms with van der Waals surface area (Å²) in [6, 6.07) is 0.149. The topological polar surface area (TPSA) is 120 Å². The van der Waals surface area contributed by atoms with E-state index in [2.05, 4.69) is 30.4 Å². The Balaban J connectivity index is 1.62. The van der Waals surface area contributed by atoms with Gasteiger partial charge in [0.1, 0.15) is 11.6 Å². The van der Waals surface area contributed by atoms with Gasteiger partial charge in [-0.05, 0) is 33.2 Å². The standard InChI is InChI=1S/C18H25N9O/c1-3-26-10-13(7-20-26)22-18-23-16(19)15-8-21-27(17(15)24-18)14-5-4-6-25(11-14)9-12(2)28/h7-8,10,14H,3-6,9,11H2,1-2H3,(H3,19,22,23,24)/t14-/m1/s1. The van der Waals surface area contributed by atoms with Crippen molar-refractivity contribution in [3.63, 3.8) is 0 Å². The average Bonchev–Trinajstić information content (AvgIpc) is 3.28. The fraction of sp³-hybridized carbons (Fsp3) is 0.500. The number of piperidine rings is 1. The van der Waals surface area contributed by atoms with Gasteiger partial charge >= 0.3 is 0 Å². The highest BCUT2D eigenvalue weighted by Crippen LogP contribution is 2.27. The summed E-state index contributed by atoms with van der Waals surface area (Å²) in [6.45, 7) is 6.61. The molecule has 1 aliphatic heterocycles. The molecule has 0 aromatic carbocycles. The van der Waals surface area contributed by atoms with Crippen molar-refractivity contribution in [3.8, 4) is 0 Å². The van der Waals surface area contributed by atoms with Gasteiger partial charge in [0.15, 0.2) is 5.65 Å². The van der Waals surface area contributed by atoms with Crippen molar-refractivity contribution in [2.24, 2.45) is 0 Å². The number of aryl methyl sites for hydroxylation is 1. The lowest BCUT2D eigenvalue weighted by molar-refractivity contribution is -0.118. The molecule has 0 saturated carbocycles. The molecule has 1 fully saturated rings. The zero-order chi connectivity index (χ0) is 19.7. The van der Waals surface area contributed by atoms with Crippen LogP contribution in [0.3, 0.4) is 0 Å². The quantitative estimate of drug-likeness (QED) is 0.658. The number of anilines is 3. The highest BCUT2D eigenvalue weighted by molar-refractivity contribution is 5.86. The molecule has 0 radical (unpaired) electrons. The lowest BCUT2D eigenvalue weighted by Gasteiger charge is -2.32. The summed E-state index contributed by atoms with van der Waals surface area (Å²) in [5.74, 6) is 0.980. The van der Waals surface area contributed by atoms with E-state index >= 15 is 0 Å². The first-order chi connectivity index (χ1) is 13.5. The Bertz CT molecular complexity index is 992. The molecule has 3 N–H and O–H groups in total. The van der Waals surface area contributed by atoms with Crippen LogP contribution in [0.2, 0.25) is 0 Å². The zero-order valence-corrected chi connectivity index (χ0v) is 16.2. The van der Waals surface area contributed by atoms with E-state index in [0.29, 0.717) is 24.0 Å². The molecule has 0 amide bonds. The number of hydrogen-bond acceptors (Lipinski definition) is 8. The molecule has 0 spiro atoms. The highest BCUT2D eigenvalue weighted by Gasteiger charge is 2.25. The molecule has 3 aromatic rings. The predicted molar refractivity (Wildman–Crippen MR) is 106 cm³/mol. The molecule has 4 rings (SSSR count). The van der Waals surface area contributed by atoms with Crippen LogP contribution in [0.4, 0.5) is 17.5 Å². The Hall–Kier alpha value is -3.01. The second-order valence-corrected chi connectivity index (χ2v) is 7.20. The van der Waals surface area contributed by atoms with E-state index in [1.807, 2.05) is 22.5 Å². The number of fused-ring (bicyclic) bond motifs is 1. The smallest absolute Gasteiger partial charge is 0.231 e. The van der Waals surface area contributed by atoms with Gasteiger partial charge in [-0.1, -0.05) is 0 Å². The summed E-state index contributed by atoms with van der Waals surface area (Å²) in [5.41, 5.74) is 7.66. The van der Waals surface area contributed by atoms with Crippen LogP contribution in [0.5, 0.6) is 0 Å². The summed E-state index contributed by atoms with van der Waals surface area (Å²) >= 11 is 0. The zero-order valence-electron chi connectivity index (χ0n) is 16.2. The van der Waals surface area contributed by atoms with Gasteiger partial charge in [-0.2, -0.15) is 20.2 Å². The lowest BCUT2D eigenvalue weighted by atomic mass is 10.1. The van der Waals surface area contributed by atoms with Crippen LogP contribution in [-0.4, -0.2) is 59.8 Å². The largest absolute Gasteiger partial charge is 0.383 e. The highest BCUT2D eigenvalue weighted by atomic mass is 16.1. The molecule has 148 valence electrons. The monoisotopic (exact) mass is 383 g/mol. The first-order valence-corrected chi connectivity index (χ1v) is 9.55. The Labute approximate surface area is 162 Å². The number of nitrogens with one attached hydrogen (secondary N) is 1. The van der Waals surface area contributed by atoms with Crippen molar-refractivity contribution >= 4 is 34.3 Å². The number of Topliss-reactive ketones (excluding diaryl/α,β-unsaturated/α-hetero) is 1. The molecular weight excluding hydrogens is 358 g/mol. The van der Waals surface area contributed by atoms with Crippen LogP contribution in [0, 0.1) is 0 Å². The van der Waals surface area contributed by atoms with Crippen LogP contribution in [0.25, 0.3) is 11.0 Å². The molecule has 1 atom stereocenters. The number of ketones is 1. The molecule has 28 heavy (non-hydrogen) atoms. The summed E-state index contributed by atoms with van der Waals surface area (Å²) < 4.78 is 3.74. The van der Waals surface area contributed by atoms with Crippen molar-refractivity contribution in [1.82, 2.24) is 34.4 Å². The third kappa shape index (κ3) is 3.68. The minimum Gasteiger partial charge on any atom is -0.383 e. The van der Waals surface area contributed by atoms with Crippen molar-refractivity contribution in [3.05, 3.63) is 18.6 Å². The maximum Gasteiger partial charge on any atom is 0.231 e. The van der Waals surface area contributed by atoms with E-state index in [9.17, 15) is 4.79 Å². The first kappa shape index (κ1) is 18.4. The van der Waals surface area contributed by atoms with Gasteiger partial charge in [0.05, 0.1) is 36.1 Å². The fourth-order valence-corrected chi connectivity index (χ4v) is 3.69. The third-order valence-electron chi connectivity index (χ3n) is 4.97. The second kappa shape index (κ2) is 7.55. The number of hydrogen-bond donors (Lipinski definition) is 2. The Morgan fingerprint density at radius 2 is 2.18 bits per heavy atom. The molecular formula is C18H25N9O. The molecule has 1 saturated heterocycles. The number of rotatable bonds is 6. The maximum absolute atomic E-state index is 11.5. The molecule has 0 bridgehead atoms. The van der Waals surface area contributed by atoms with E-state index < -0.39 is 0 Å². The Morgan fingerprint density at radius 3 is 2.93 bits per heavy atom. The van der Waals surface area contributed by atoms with Crippen molar-refractivity contribution in [1.29, 1.82) is 0 Å². The first-order valence-electron chi connectivity index (χ1n) is 9.55. The minimum atomic E-state index is 0.149. The number of nitrogens with zero attached hydrogens (tertiary/aromatic N) is 7. The maximum atomic E-state index is 11.5. The molecule has 10 nitrogen and oxygen atoms in total. The van der Waals surface area contributed by atoms with Crippen LogP contribution >= 0.6 is 0 Å². The fourth-order valence-electron chi connectivity index (χ4n) is 3.69. The van der Waals surface area contributed by atoms with Gasteiger partial charge < -0.3 is 11.1 Å². The second-order valence-electron chi connectivity index (χ2n) is 7.20. The summed E-state index contributed by atoms with van der Waals surface area (Å²) in [7, 11) is 0. The van der Waals surface area contributed by atoms with E-state index in [0.717, 1.165) is 43.5 Å². The molecule has 10 heteroatoms. The number of carbonyl (C=O) groups excluding carboxylic acids is 1. The SMILES string of the molecule is CCn1cc(Nc2nc(N)c3cnn([C@@H]4CCCN(CC(C)=O)C4)c3n2)cn1. The van der Waals surface area contributed by atoms with E-state index in [1.165, 1.54) is 0 Å². The molecule has 3 aromatic heterocycles. The molecule has 4 heterocycles. The van der Waals surface area contributed by atoms with Crippen LogP contribution in [0.1, 0.15) is 32.7 Å². The van der Waals surface area contributed by atoms with Gasteiger partial charge in [0.2, 0.25) is 5.95 Å². The predicted octanol–water partition coefficient (Wildman–Crippen LogP) is 1.59. The van der Waals surface area contributed by atoms with Gasteiger partial charge in [-0.3, -0.25) is 14.4 Å². The minimum absolute atomic E-state index is 0.149. The van der Waals surface area contributed by atoms with Gasteiger partial charge in [0, 0.05) is 19.3 Å². The normalized spacial score (nSPS) is 17.9.